The molecule has 17 heavy (non-hydrogen) atoms. The van der Waals surface area contributed by atoms with Gasteiger partial charge in [-0.05, 0) is 25.1 Å². The SMILES string of the molecule is CCOC(=O)c1cc2c(Cl)ccc(OC)c2[nH]1. The van der Waals surface area contributed by atoms with Crippen molar-refractivity contribution in [1.82, 2.24) is 4.98 Å². The highest BCUT2D eigenvalue weighted by Crippen LogP contribution is 2.31. The first-order valence-corrected chi connectivity index (χ1v) is 5.57. The quantitative estimate of drug-likeness (QED) is 0.856. The Balaban J connectivity index is 2.56. The largest absolute Gasteiger partial charge is 0.495 e. The van der Waals surface area contributed by atoms with Crippen LogP contribution >= 0.6 is 11.6 Å². The molecule has 90 valence electrons. The van der Waals surface area contributed by atoms with Gasteiger partial charge in [0, 0.05) is 5.39 Å². The summed E-state index contributed by atoms with van der Waals surface area (Å²) in [5.74, 6) is 0.238. The highest BCUT2D eigenvalue weighted by atomic mass is 35.5. The number of methoxy groups -OCH3 is 1. The molecule has 1 N–H and O–H groups in total. The smallest absolute Gasteiger partial charge is 0.354 e. The number of esters is 1. The van der Waals surface area contributed by atoms with Crippen LogP contribution in [0.4, 0.5) is 0 Å². The molecular formula is C12H12ClNO3. The first-order valence-electron chi connectivity index (χ1n) is 5.19. The van der Waals surface area contributed by atoms with E-state index in [9.17, 15) is 4.79 Å². The first-order chi connectivity index (χ1) is 8.17. The van der Waals surface area contributed by atoms with Crippen molar-refractivity contribution in [2.75, 3.05) is 13.7 Å². The summed E-state index contributed by atoms with van der Waals surface area (Å²) in [5, 5.41) is 1.31. The average molecular weight is 254 g/mol. The molecule has 1 heterocycles. The van der Waals surface area contributed by atoms with Crippen molar-refractivity contribution in [2.24, 2.45) is 0 Å². The van der Waals surface area contributed by atoms with Gasteiger partial charge in [0.2, 0.25) is 0 Å². The summed E-state index contributed by atoms with van der Waals surface area (Å²) >= 11 is 6.05. The monoisotopic (exact) mass is 253 g/mol. The molecule has 0 aliphatic heterocycles. The molecule has 4 nitrogen and oxygen atoms in total. The number of carbonyl (C=O) groups is 1. The lowest BCUT2D eigenvalue weighted by atomic mass is 10.2. The zero-order chi connectivity index (χ0) is 12.4. The van der Waals surface area contributed by atoms with E-state index < -0.39 is 5.97 Å². The van der Waals surface area contributed by atoms with E-state index in [1.807, 2.05) is 0 Å². The Hall–Kier alpha value is -1.68. The normalized spacial score (nSPS) is 10.5. The summed E-state index contributed by atoms with van der Waals surface area (Å²) in [4.78, 5) is 14.5. The molecule has 0 atom stereocenters. The predicted molar refractivity (Wildman–Crippen MR) is 65.8 cm³/mol. The number of H-pyrrole nitrogens is 1. The summed E-state index contributed by atoms with van der Waals surface area (Å²) in [6.07, 6.45) is 0. The molecule has 0 spiro atoms. The first kappa shape index (κ1) is 11.8. The van der Waals surface area contributed by atoms with Gasteiger partial charge in [-0.25, -0.2) is 4.79 Å². The number of fused-ring (bicyclic) bond motifs is 1. The minimum Gasteiger partial charge on any atom is -0.495 e. The number of aromatic nitrogens is 1. The second-order valence-corrected chi connectivity index (χ2v) is 3.85. The van der Waals surface area contributed by atoms with Crippen LogP contribution in [0.1, 0.15) is 17.4 Å². The maximum absolute atomic E-state index is 11.6. The van der Waals surface area contributed by atoms with E-state index in [1.165, 1.54) is 0 Å². The molecular weight excluding hydrogens is 242 g/mol. The zero-order valence-corrected chi connectivity index (χ0v) is 10.3. The van der Waals surface area contributed by atoms with Gasteiger partial charge in [-0.3, -0.25) is 0 Å². The third-order valence-corrected chi connectivity index (χ3v) is 2.75. The number of carbonyl (C=O) groups excluding carboxylic acids is 1. The van der Waals surface area contributed by atoms with E-state index in [1.54, 1.807) is 32.2 Å². The van der Waals surface area contributed by atoms with Crippen LogP contribution in [0.3, 0.4) is 0 Å². The number of ether oxygens (including phenoxy) is 2. The fraction of sp³-hybridized carbons (Fsp3) is 0.250. The highest BCUT2D eigenvalue weighted by Gasteiger charge is 2.14. The number of rotatable bonds is 3. The van der Waals surface area contributed by atoms with Crippen molar-refractivity contribution < 1.29 is 14.3 Å². The van der Waals surface area contributed by atoms with E-state index in [2.05, 4.69) is 4.98 Å². The van der Waals surface area contributed by atoms with Crippen molar-refractivity contribution in [2.45, 2.75) is 6.92 Å². The van der Waals surface area contributed by atoms with Crippen molar-refractivity contribution in [3.8, 4) is 5.75 Å². The van der Waals surface area contributed by atoms with Gasteiger partial charge in [0.1, 0.15) is 11.4 Å². The second-order valence-electron chi connectivity index (χ2n) is 3.44. The van der Waals surface area contributed by atoms with Gasteiger partial charge in [0.25, 0.3) is 0 Å². The number of hydrogen-bond acceptors (Lipinski definition) is 3. The number of nitrogens with one attached hydrogen (secondary N) is 1. The summed E-state index contributed by atoms with van der Waals surface area (Å²) in [6.45, 7) is 2.09. The number of halogens is 1. The fourth-order valence-corrected chi connectivity index (χ4v) is 1.86. The van der Waals surface area contributed by atoms with Crippen LogP contribution in [0.5, 0.6) is 5.75 Å². The van der Waals surface area contributed by atoms with Crippen molar-refractivity contribution in [3.05, 3.63) is 28.9 Å². The summed E-state index contributed by atoms with van der Waals surface area (Å²) < 4.78 is 10.1. The van der Waals surface area contributed by atoms with Gasteiger partial charge in [-0.2, -0.15) is 0 Å². The molecule has 2 aromatic rings. The van der Waals surface area contributed by atoms with Gasteiger partial charge >= 0.3 is 5.97 Å². The Morgan fingerprint density at radius 1 is 1.47 bits per heavy atom. The summed E-state index contributed by atoms with van der Waals surface area (Å²) in [6, 6.07) is 5.14. The Labute approximate surface area is 103 Å². The zero-order valence-electron chi connectivity index (χ0n) is 9.54. The molecule has 0 aliphatic carbocycles. The van der Waals surface area contributed by atoms with Crippen molar-refractivity contribution in [1.29, 1.82) is 0 Å². The van der Waals surface area contributed by atoms with E-state index in [4.69, 9.17) is 21.1 Å². The van der Waals surface area contributed by atoms with Crippen molar-refractivity contribution in [3.63, 3.8) is 0 Å². The standard InChI is InChI=1S/C12H12ClNO3/c1-3-17-12(15)9-6-7-8(13)4-5-10(16-2)11(7)14-9/h4-6,14H,3H2,1-2H3. The number of aromatic amines is 1. The van der Waals surface area contributed by atoms with Gasteiger partial charge in [0.15, 0.2) is 0 Å². The molecule has 0 saturated heterocycles. The molecule has 5 heteroatoms. The molecule has 0 unspecified atom stereocenters. The molecule has 2 rings (SSSR count). The Morgan fingerprint density at radius 3 is 2.88 bits per heavy atom. The van der Waals surface area contributed by atoms with Crippen LogP contribution in [0, 0.1) is 0 Å². The maximum Gasteiger partial charge on any atom is 0.354 e. The van der Waals surface area contributed by atoms with E-state index in [0.717, 1.165) is 5.39 Å². The fourth-order valence-electron chi connectivity index (χ4n) is 1.65. The summed E-state index contributed by atoms with van der Waals surface area (Å²) in [5.41, 5.74) is 1.07. The van der Waals surface area contributed by atoms with Crippen molar-refractivity contribution >= 4 is 28.5 Å². The van der Waals surface area contributed by atoms with Crippen LogP contribution in [0.25, 0.3) is 10.9 Å². The topological polar surface area (TPSA) is 51.3 Å². The van der Waals surface area contributed by atoms with Gasteiger partial charge in [0.05, 0.1) is 24.3 Å². The third-order valence-electron chi connectivity index (χ3n) is 2.42. The molecule has 0 radical (unpaired) electrons. The molecule has 0 bridgehead atoms. The molecule has 0 saturated carbocycles. The molecule has 0 fully saturated rings. The summed E-state index contributed by atoms with van der Waals surface area (Å²) in [7, 11) is 1.56. The second kappa shape index (κ2) is 4.67. The lowest BCUT2D eigenvalue weighted by Gasteiger charge is -2.01. The van der Waals surface area contributed by atoms with Crippen LogP contribution < -0.4 is 4.74 Å². The van der Waals surface area contributed by atoms with Gasteiger partial charge in [-0.15, -0.1) is 0 Å². The molecule has 1 aromatic heterocycles. The Kier molecular flexibility index (Phi) is 3.24. The number of hydrogen-bond donors (Lipinski definition) is 1. The van der Waals surface area contributed by atoms with Crippen LogP contribution in [0.15, 0.2) is 18.2 Å². The lowest BCUT2D eigenvalue weighted by molar-refractivity contribution is 0.0520. The minimum absolute atomic E-state index is 0.332. The van der Waals surface area contributed by atoms with Gasteiger partial charge < -0.3 is 14.5 Å². The van der Waals surface area contributed by atoms with Crippen LogP contribution in [-0.2, 0) is 4.74 Å². The Morgan fingerprint density at radius 2 is 2.24 bits per heavy atom. The Bertz CT molecular complexity index is 562. The van der Waals surface area contributed by atoms with Gasteiger partial charge in [-0.1, -0.05) is 11.6 Å². The lowest BCUT2D eigenvalue weighted by Crippen LogP contribution is -2.04. The molecule has 0 amide bonds. The van der Waals surface area contributed by atoms with Crippen LogP contribution in [0.2, 0.25) is 5.02 Å². The van der Waals surface area contributed by atoms with Crippen LogP contribution in [-0.4, -0.2) is 24.7 Å². The third kappa shape index (κ3) is 2.08. The number of benzene rings is 1. The minimum atomic E-state index is -0.401. The highest BCUT2D eigenvalue weighted by molar-refractivity contribution is 6.35. The van der Waals surface area contributed by atoms with E-state index in [0.29, 0.717) is 28.6 Å². The molecule has 1 aromatic carbocycles. The molecule has 0 aliphatic rings. The van der Waals surface area contributed by atoms with E-state index >= 15 is 0 Å². The van der Waals surface area contributed by atoms with E-state index in [-0.39, 0.29) is 0 Å². The predicted octanol–water partition coefficient (Wildman–Crippen LogP) is 3.01. The average Bonchev–Trinajstić information content (AvgIpc) is 2.76. The maximum atomic E-state index is 11.6.